The number of amides is 1. The number of H-pyrrole nitrogens is 1. The average Bonchev–Trinajstić information content (AvgIpc) is 3.09. The Morgan fingerprint density at radius 3 is 3.12 bits per heavy atom. The molecule has 1 N–H and O–H groups in total. The summed E-state index contributed by atoms with van der Waals surface area (Å²) in [7, 11) is 0. The van der Waals surface area contributed by atoms with Crippen LogP contribution < -0.4 is 0 Å². The maximum atomic E-state index is 12.8. The standard InChI is InChI=1S/C17H15BrN4O2/c18-12-3-1-2-11(8-12)15-9-22(6-7-24-15)17(23)14-5-4-13-16(21-14)20-10-19-13/h1-5,8,10,15H,6-7,9H2,(H,19,20,21). The first kappa shape index (κ1) is 15.3. The highest BCUT2D eigenvalue weighted by Crippen LogP contribution is 2.25. The molecule has 2 aromatic heterocycles. The summed E-state index contributed by atoms with van der Waals surface area (Å²) in [4.78, 5) is 26.0. The molecular weight excluding hydrogens is 372 g/mol. The van der Waals surface area contributed by atoms with E-state index in [-0.39, 0.29) is 12.0 Å². The number of hydrogen-bond acceptors (Lipinski definition) is 4. The Balaban J connectivity index is 1.55. The van der Waals surface area contributed by atoms with Crippen LogP contribution in [0.3, 0.4) is 0 Å². The van der Waals surface area contributed by atoms with Gasteiger partial charge in [-0.3, -0.25) is 4.79 Å². The van der Waals surface area contributed by atoms with E-state index in [1.54, 1.807) is 17.3 Å². The van der Waals surface area contributed by atoms with Gasteiger partial charge in [-0.1, -0.05) is 28.1 Å². The van der Waals surface area contributed by atoms with Crippen LogP contribution in [0.4, 0.5) is 0 Å². The predicted molar refractivity (Wildman–Crippen MR) is 92.6 cm³/mol. The second-order valence-electron chi connectivity index (χ2n) is 5.64. The van der Waals surface area contributed by atoms with Crippen molar-refractivity contribution in [3.05, 3.63) is 58.5 Å². The molecule has 3 heterocycles. The fourth-order valence-corrected chi connectivity index (χ4v) is 3.26. The highest BCUT2D eigenvalue weighted by molar-refractivity contribution is 9.10. The van der Waals surface area contributed by atoms with Gasteiger partial charge in [-0.05, 0) is 29.8 Å². The quantitative estimate of drug-likeness (QED) is 0.734. The predicted octanol–water partition coefficient (Wildman–Crippen LogP) is 2.93. The van der Waals surface area contributed by atoms with Gasteiger partial charge in [-0.2, -0.15) is 0 Å². The van der Waals surface area contributed by atoms with Crippen molar-refractivity contribution < 1.29 is 9.53 Å². The lowest BCUT2D eigenvalue weighted by Gasteiger charge is -2.33. The minimum atomic E-state index is -0.130. The number of aromatic amines is 1. The molecule has 0 bridgehead atoms. The second-order valence-corrected chi connectivity index (χ2v) is 6.55. The van der Waals surface area contributed by atoms with Crippen LogP contribution >= 0.6 is 15.9 Å². The van der Waals surface area contributed by atoms with E-state index in [4.69, 9.17) is 4.74 Å². The first-order chi connectivity index (χ1) is 11.7. The van der Waals surface area contributed by atoms with Crippen molar-refractivity contribution in [2.24, 2.45) is 0 Å². The third kappa shape index (κ3) is 2.92. The third-order valence-electron chi connectivity index (χ3n) is 4.08. The van der Waals surface area contributed by atoms with E-state index in [0.29, 0.717) is 31.0 Å². The fourth-order valence-electron chi connectivity index (χ4n) is 2.85. The molecule has 4 rings (SSSR count). The number of carbonyl (C=O) groups is 1. The first-order valence-electron chi connectivity index (χ1n) is 7.67. The molecule has 1 atom stereocenters. The van der Waals surface area contributed by atoms with Gasteiger partial charge < -0.3 is 14.6 Å². The average molecular weight is 387 g/mol. The van der Waals surface area contributed by atoms with Crippen molar-refractivity contribution in [2.75, 3.05) is 19.7 Å². The Bertz CT molecular complexity index is 895. The van der Waals surface area contributed by atoms with Crippen LogP contribution in [-0.2, 0) is 4.74 Å². The molecule has 1 aliphatic rings. The van der Waals surface area contributed by atoms with Crippen LogP contribution in [-0.4, -0.2) is 45.5 Å². The van der Waals surface area contributed by atoms with Gasteiger partial charge in [0.2, 0.25) is 0 Å². The Kier molecular flexibility index (Phi) is 4.03. The lowest BCUT2D eigenvalue weighted by molar-refractivity contribution is -0.0230. The maximum Gasteiger partial charge on any atom is 0.272 e. The molecule has 1 amide bonds. The molecule has 0 spiro atoms. The number of fused-ring (bicyclic) bond motifs is 1. The summed E-state index contributed by atoms with van der Waals surface area (Å²) in [6.45, 7) is 1.58. The zero-order chi connectivity index (χ0) is 16.5. The number of benzene rings is 1. The molecule has 1 aromatic carbocycles. The zero-order valence-corrected chi connectivity index (χ0v) is 14.4. The number of nitrogens with zero attached hydrogens (tertiary/aromatic N) is 3. The summed E-state index contributed by atoms with van der Waals surface area (Å²) in [5.74, 6) is -0.0943. The molecule has 0 saturated carbocycles. The van der Waals surface area contributed by atoms with Crippen LogP contribution in [0.2, 0.25) is 0 Å². The van der Waals surface area contributed by atoms with Gasteiger partial charge in [-0.25, -0.2) is 9.97 Å². The molecule has 1 fully saturated rings. The van der Waals surface area contributed by atoms with E-state index < -0.39 is 0 Å². The van der Waals surface area contributed by atoms with Crippen molar-refractivity contribution in [2.45, 2.75) is 6.10 Å². The van der Waals surface area contributed by atoms with Crippen molar-refractivity contribution in [3.8, 4) is 0 Å². The molecule has 3 aromatic rings. The van der Waals surface area contributed by atoms with Crippen molar-refractivity contribution in [1.82, 2.24) is 19.9 Å². The molecular formula is C17H15BrN4O2. The molecule has 1 aliphatic heterocycles. The summed E-state index contributed by atoms with van der Waals surface area (Å²) in [5, 5.41) is 0. The van der Waals surface area contributed by atoms with E-state index in [2.05, 4.69) is 30.9 Å². The van der Waals surface area contributed by atoms with Crippen LogP contribution in [0.25, 0.3) is 11.2 Å². The summed E-state index contributed by atoms with van der Waals surface area (Å²) in [5.41, 5.74) is 2.83. The van der Waals surface area contributed by atoms with E-state index in [9.17, 15) is 4.79 Å². The second kappa shape index (κ2) is 6.33. The molecule has 0 aliphatic carbocycles. The number of halogens is 1. The van der Waals surface area contributed by atoms with E-state index in [1.165, 1.54) is 0 Å². The minimum absolute atomic E-state index is 0.0943. The number of hydrogen-bond donors (Lipinski definition) is 1. The van der Waals surface area contributed by atoms with Crippen LogP contribution in [0.5, 0.6) is 0 Å². The third-order valence-corrected chi connectivity index (χ3v) is 4.57. The molecule has 1 saturated heterocycles. The monoisotopic (exact) mass is 386 g/mol. The molecule has 122 valence electrons. The van der Waals surface area contributed by atoms with Crippen molar-refractivity contribution >= 4 is 33.0 Å². The van der Waals surface area contributed by atoms with Crippen LogP contribution in [0.1, 0.15) is 22.2 Å². The van der Waals surface area contributed by atoms with Crippen molar-refractivity contribution in [1.29, 1.82) is 0 Å². The van der Waals surface area contributed by atoms with Crippen LogP contribution in [0, 0.1) is 0 Å². The number of aromatic nitrogens is 3. The summed E-state index contributed by atoms with van der Waals surface area (Å²) >= 11 is 3.47. The molecule has 24 heavy (non-hydrogen) atoms. The number of morpholine rings is 1. The number of carbonyl (C=O) groups excluding carboxylic acids is 1. The largest absolute Gasteiger partial charge is 0.370 e. The number of ether oxygens (including phenoxy) is 1. The Morgan fingerprint density at radius 1 is 1.33 bits per heavy atom. The van der Waals surface area contributed by atoms with E-state index in [0.717, 1.165) is 15.6 Å². The summed E-state index contributed by atoms with van der Waals surface area (Å²) in [6.07, 6.45) is 1.44. The Morgan fingerprint density at radius 2 is 2.25 bits per heavy atom. The molecule has 1 unspecified atom stereocenters. The fraction of sp³-hybridized carbons (Fsp3) is 0.235. The summed E-state index contributed by atoms with van der Waals surface area (Å²) in [6, 6.07) is 11.5. The molecule has 0 radical (unpaired) electrons. The topological polar surface area (TPSA) is 71.1 Å². The van der Waals surface area contributed by atoms with E-state index >= 15 is 0 Å². The highest BCUT2D eigenvalue weighted by Gasteiger charge is 2.27. The van der Waals surface area contributed by atoms with Gasteiger partial charge in [0.05, 0.1) is 25.0 Å². The van der Waals surface area contributed by atoms with Gasteiger partial charge in [0.1, 0.15) is 11.8 Å². The van der Waals surface area contributed by atoms with Gasteiger partial charge in [-0.15, -0.1) is 0 Å². The van der Waals surface area contributed by atoms with Crippen LogP contribution in [0.15, 0.2) is 47.2 Å². The van der Waals surface area contributed by atoms with Gasteiger partial charge in [0, 0.05) is 11.0 Å². The molecule has 7 heteroatoms. The van der Waals surface area contributed by atoms with Gasteiger partial charge >= 0.3 is 0 Å². The minimum Gasteiger partial charge on any atom is -0.370 e. The van der Waals surface area contributed by atoms with Gasteiger partial charge in [0.25, 0.3) is 5.91 Å². The Hall–Kier alpha value is -2.25. The Labute approximate surface area is 147 Å². The normalized spacial score (nSPS) is 18.0. The number of pyridine rings is 1. The van der Waals surface area contributed by atoms with Gasteiger partial charge in [0.15, 0.2) is 5.65 Å². The zero-order valence-electron chi connectivity index (χ0n) is 12.8. The number of nitrogens with one attached hydrogen (secondary N) is 1. The van der Waals surface area contributed by atoms with E-state index in [1.807, 2.05) is 30.3 Å². The molecule has 6 nitrogen and oxygen atoms in total. The SMILES string of the molecule is O=C(c1ccc2[nH]cnc2n1)N1CCOC(c2cccc(Br)c2)C1. The highest BCUT2D eigenvalue weighted by atomic mass is 79.9. The van der Waals surface area contributed by atoms with Crippen molar-refractivity contribution in [3.63, 3.8) is 0 Å². The first-order valence-corrected chi connectivity index (χ1v) is 8.46. The lowest BCUT2D eigenvalue weighted by Crippen LogP contribution is -2.42. The smallest absolute Gasteiger partial charge is 0.272 e. The maximum absolute atomic E-state index is 12.8. The lowest BCUT2D eigenvalue weighted by atomic mass is 10.1. The number of rotatable bonds is 2. The number of imidazole rings is 1. The summed E-state index contributed by atoms with van der Waals surface area (Å²) < 4.78 is 6.84.